The minimum absolute atomic E-state index is 0.0328. The third-order valence-electron chi connectivity index (χ3n) is 1.57. The molecule has 0 unspecified atom stereocenters. The van der Waals surface area contributed by atoms with Crippen molar-refractivity contribution in [3.05, 3.63) is 31.8 Å². The van der Waals surface area contributed by atoms with Crippen molar-refractivity contribution < 1.29 is 4.79 Å². The molecule has 0 fully saturated rings. The van der Waals surface area contributed by atoms with E-state index in [1.165, 1.54) is 0 Å². The number of carbonyl (C=O) groups excluding carboxylic acids is 1. The molecule has 0 aliphatic carbocycles. The van der Waals surface area contributed by atoms with Crippen LogP contribution >= 0.6 is 38.5 Å². The number of hydrogen-bond acceptors (Lipinski definition) is 1. The molecule has 0 aromatic heterocycles. The maximum atomic E-state index is 11.5. The second-order valence-corrected chi connectivity index (χ2v) is 4.84. The van der Waals surface area contributed by atoms with E-state index < -0.39 is 0 Å². The zero-order valence-corrected chi connectivity index (χ0v) is 11.1. The van der Waals surface area contributed by atoms with Gasteiger partial charge in [-0.15, -0.1) is 0 Å². The number of rotatable bonds is 1. The third kappa shape index (κ3) is 2.67. The Hall–Kier alpha value is -0.100. The molecule has 13 heavy (non-hydrogen) atoms. The molecule has 0 aliphatic rings. The highest BCUT2D eigenvalue weighted by atomic mass is 127. The smallest absolute Gasteiger partial charge is 0.253 e. The molecule has 0 spiro atoms. The van der Waals surface area contributed by atoms with Gasteiger partial charge in [0.2, 0.25) is 0 Å². The summed E-state index contributed by atoms with van der Waals surface area (Å²) in [5, 5.41) is 0. The molecule has 1 amide bonds. The molecule has 0 N–H and O–H groups in total. The van der Waals surface area contributed by atoms with Gasteiger partial charge in [0, 0.05) is 27.7 Å². The number of hydrogen-bond donors (Lipinski definition) is 0. The molecule has 0 radical (unpaired) electrons. The topological polar surface area (TPSA) is 20.3 Å². The van der Waals surface area contributed by atoms with Gasteiger partial charge in [0.05, 0.1) is 0 Å². The Morgan fingerprint density at radius 2 is 2.08 bits per heavy atom. The van der Waals surface area contributed by atoms with Crippen molar-refractivity contribution in [1.82, 2.24) is 4.90 Å². The van der Waals surface area contributed by atoms with Gasteiger partial charge in [-0.2, -0.15) is 0 Å². The molecule has 1 rings (SSSR count). The van der Waals surface area contributed by atoms with E-state index in [1.807, 2.05) is 18.2 Å². The Balaban J connectivity index is 3.04. The van der Waals surface area contributed by atoms with Crippen LogP contribution < -0.4 is 0 Å². The normalized spacial score (nSPS) is 9.85. The fourth-order valence-electron chi connectivity index (χ4n) is 0.887. The van der Waals surface area contributed by atoms with Crippen molar-refractivity contribution in [3.8, 4) is 0 Å². The van der Waals surface area contributed by atoms with Gasteiger partial charge in [-0.05, 0) is 56.7 Å². The van der Waals surface area contributed by atoms with Gasteiger partial charge < -0.3 is 4.90 Å². The van der Waals surface area contributed by atoms with Crippen molar-refractivity contribution in [2.75, 3.05) is 14.1 Å². The second-order valence-electron chi connectivity index (χ2n) is 2.83. The Morgan fingerprint density at radius 3 is 2.54 bits per heavy atom. The van der Waals surface area contributed by atoms with Crippen LogP contribution in [0.2, 0.25) is 0 Å². The first-order chi connectivity index (χ1) is 6.02. The average molecular weight is 354 g/mol. The molecule has 0 saturated carbocycles. The Morgan fingerprint density at radius 1 is 1.46 bits per heavy atom. The summed E-state index contributed by atoms with van der Waals surface area (Å²) in [5.74, 6) is 0.0328. The van der Waals surface area contributed by atoms with Gasteiger partial charge in [-0.3, -0.25) is 4.79 Å². The summed E-state index contributed by atoms with van der Waals surface area (Å²) in [5.41, 5.74) is 0.720. The summed E-state index contributed by atoms with van der Waals surface area (Å²) in [6.07, 6.45) is 0. The lowest BCUT2D eigenvalue weighted by molar-refractivity contribution is 0.0827. The molecule has 0 aliphatic heterocycles. The van der Waals surface area contributed by atoms with Crippen LogP contribution in [-0.4, -0.2) is 24.9 Å². The lowest BCUT2D eigenvalue weighted by atomic mass is 10.2. The minimum atomic E-state index is 0.0328. The van der Waals surface area contributed by atoms with E-state index in [9.17, 15) is 4.79 Å². The van der Waals surface area contributed by atoms with Crippen LogP contribution in [0, 0.1) is 3.57 Å². The number of halogens is 2. The van der Waals surface area contributed by atoms with Crippen LogP contribution in [-0.2, 0) is 0 Å². The van der Waals surface area contributed by atoms with Gasteiger partial charge >= 0.3 is 0 Å². The predicted molar refractivity (Wildman–Crippen MR) is 64.9 cm³/mol. The first kappa shape index (κ1) is 11.0. The molecule has 70 valence electrons. The largest absolute Gasteiger partial charge is 0.345 e. The zero-order valence-electron chi connectivity index (χ0n) is 7.34. The number of benzene rings is 1. The molecule has 1 aromatic carbocycles. The Kier molecular flexibility index (Phi) is 3.73. The lowest BCUT2D eigenvalue weighted by Gasteiger charge is -2.10. The van der Waals surface area contributed by atoms with Gasteiger partial charge in [0.15, 0.2) is 0 Å². The quantitative estimate of drug-likeness (QED) is 0.711. The Bertz CT molecular complexity index is 338. The molecule has 0 saturated heterocycles. The SMILES string of the molecule is CN(C)C(=O)c1ccc(Br)c(I)c1. The van der Waals surface area contributed by atoms with Crippen molar-refractivity contribution in [3.63, 3.8) is 0 Å². The highest BCUT2D eigenvalue weighted by molar-refractivity contribution is 14.1. The minimum Gasteiger partial charge on any atom is -0.345 e. The molecular formula is C9H9BrINO. The van der Waals surface area contributed by atoms with Crippen LogP contribution in [0.25, 0.3) is 0 Å². The molecule has 0 atom stereocenters. The molecule has 1 aromatic rings. The van der Waals surface area contributed by atoms with Gasteiger partial charge in [-0.1, -0.05) is 0 Å². The van der Waals surface area contributed by atoms with Crippen LogP contribution in [0.5, 0.6) is 0 Å². The first-order valence-electron chi connectivity index (χ1n) is 3.69. The number of carbonyl (C=O) groups is 1. The predicted octanol–water partition coefficient (Wildman–Crippen LogP) is 2.76. The summed E-state index contributed by atoms with van der Waals surface area (Å²) >= 11 is 5.57. The maximum absolute atomic E-state index is 11.5. The van der Waals surface area contributed by atoms with E-state index in [0.717, 1.165) is 13.6 Å². The Labute approximate surface area is 99.6 Å². The molecule has 4 heteroatoms. The van der Waals surface area contributed by atoms with E-state index in [-0.39, 0.29) is 5.91 Å². The fraction of sp³-hybridized carbons (Fsp3) is 0.222. The van der Waals surface area contributed by atoms with Crippen molar-refractivity contribution in [2.45, 2.75) is 0 Å². The second kappa shape index (κ2) is 4.41. The first-order valence-corrected chi connectivity index (χ1v) is 5.56. The van der Waals surface area contributed by atoms with Crippen LogP contribution in [0.1, 0.15) is 10.4 Å². The molecule has 0 heterocycles. The fourth-order valence-corrected chi connectivity index (χ4v) is 1.65. The van der Waals surface area contributed by atoms with E-state index in [0.29, 0.717) is 0 Å². The van der Waals surface area contributed by atoms with Crippen LogP contribution in [0.3, 0.4) is 0 Å². The van der Waals surface area contributed by atoms with Crippen LogP contribution in [0.4, 0.5) is 0 Å². The van der Waals surface area contributed by atoms with E-state index in [4.69, 9.17) is 0 Å². The van der Waals surface area contributed by atoms with E-state index in [1.54, 1.807) is 19.0 Å². The number of amides is 1. The molecule has 2 nitrogen and oxygen atoms in total. The zero-order chi connectivity index (χ0) is 10.0. The maximum Gasteiger partial charge on any atom is 0.253 e. The standard InChI is InChI=1S/C9H9BrINO/c1-12(2)9(13)6-3-4-7(10)8(11)5-6/h3-5H,1-2H3. The van der Waals surface area contributed by atoms with Crippen molar-refractivity contribution in [2.24, 2.45) is 0 Å². The summed E-state index contributed by atoms with van der Waals surface area (Å²) in [6, 6.07) is 5.57. The molecular weight excluding hydrogens is 345 g/mol. The van der Waals surface area contributed by atoms with Crippen molar-refractivity contribution in [1.29, 1.82) is 0 Å². The summed E-state index contributed by atoms with van der Waals surface area (Å²) in [6.45, 7) is 0. The summed E-state index contributed by atoms with van der Waals surface area (Å²) in [7, 11) is 3.49. The van der Waals surface area contributed by atoms with Gasteiger partial charge in [0.25, 0.3) is 5.91 Å². The van der Waals surface area contributed by atoms with Gasteiger partial charge in [-0.25, -0.2) is 0 Å². The van der Waals surface area contributed by atoms with Crippen molar-refractivity contribution >= 4 is 44.4 Å². The highest BCUT2D eigenvalue weighted by Gasteiger charge is 2.08. The van der Waals surface area contributed by atoms with Crippen LogP contribution in [0.15, 0.2) is 22.7 Å². The average Bonchev–Trinajstić information content (AvgIpc) is 2.08. The number of nitrogens with zero attached hydrogens (tertiary/aromatic N) is 1. The van der Waals surface area contributed by atoms with Gasteiger partial charge in [0.1, 0.15) is 0 Å². The lowest BCUT2D eigenvalue weighted by Crippen LogP contribution is -2.21. The summed E-state index contributed by atoms with van der Waals surface area (Å²) < 4.78 is 2.06. The monoisotopic (exact) mass is 353 g/mol. The summed E-state index contributed by atoms with van der Waals surface area (Å²) in [4.78, 5) is 13.1. The molecule has 0 bridgehead atoms. The van der Waals surface area contributed by atoms with E-state index in [2.05, 4.69) is 38.5 Å². The third-order valence-corrected chi connectivity index (χ3v) is 3.90. The highest BCUT2D eigenvalue weighted by Crippen LogP contribution is 2.20. The van der Waals surface area contributed by atoms with E-state index >= 15 is 0 Å².